The van der Waals surface area contributed by atoms with Gasteiger partial charge in [0.1, 0.15) is 4.84 Å². The summed E-state index contributed by atoms with van der Waals surface area (Å²) in [6.07, 6.45) is 1.78. The Morgan fingerprint density at radius 3 is 2.25 bits per heavy atom. The van der Waals surface area contributed by atoms with Crippen LogP contribution < -0.4 is 0 Å². The molecule has 0 radical (unpaired) electrons. The summed E-state index contributed by atoms with van der Waals surface area (Å²) < 4.78 is 0. The van der Waals surface area contributed by atoms with E-state index in [4.69, 9.17) is 34.8 Å². The number of rotatable bonds is 2. The zero-order valence-electron chi connectivity index (χ0n) is 4.50. The molecule has 48 valence electrons. The van der Waals surface area contributed by atoms with E-state index in [1.165, 1.54) is 0 Å². The summed E-state index contributed by atoms with van der Waals surface area (Å²) in [5, 5.41) is 0. The molecule has 3 heteroatoms. The van der Waals surface area contributed by atoms with Crippen molar-refractivity contribution >= 4 is 34.8 Å². The molecule has 0 aromatic rings. The Labute approximate surface area is 64.4 Å². The van der Waals surface area contributed by atoms with E-state index in [2.05, 4.69) is 0 Å². The molecule has 0 atom stereocenters. The Balaban J connectivity index is 3.61. The fraction of sp³-hybridized carbons (Fsp3) is 0.600. The first kappa shape index (κ1) is 8.61. The Hall–Kier alpha value is 0.610. The van der Waals surface area contributed by atoms with Gasteiger partial charge in [0.05, 0.1) is 0 Å². The molecule has 0 rings (SSSR count). The fourth-order valence-corrected chi connectivity index (χ4v) is 0.632. The number of halogens is 3. The van der Waals surface area contributed by atoms with Gasteiger partial charge in [-0.2, -0.15) is 0 Å². The zero-order valence-corrected chi connectivity index (χ0v) is 6.76. The van der Waals surface area contributed by atoms with Crippen molar-refractivity contribution in [1.29, 1.82) is 0 Å². The molecule has 0 spiro atoms. The predicted octanol–water partition coefficient (Wildman–Crippen LogP) is 2.98. The van der Waals surface area contributed by atoms with Crippen LogP contribution in [0, 0.1) is 0 Å². The van der Waals surface area contributed by atoms with Crippen molar-refractivity contribution in [2.45, 2.75) is 11.8 Å². The topological polar surface area (TPSA) is 0 Å². The smallest absolute Gasteiger partial charge is 0.122 e. The van der Waals surface area contributed by atoms with E-state index in [1.54, 1.807) is 6.08 Å². The van der Waals surface area contributed by atoms with Crippen molar-refractivity contribution in [3.8, 4) is 0 Å². The van der Waals surface area contributed by atoms with Crippen LogP contribution in [0.5, 0.6) is 0 Å². The summed E-state index contributed by atoms with van der Waals surface area (Å²) in [4.78, 5) is -0.409. The lowest BCUT2D eigenvalue weighted by Crippen LogP contribution is -1.87. The van der Waals surface area contributed by atoms with Gasteiger partial charge in [0, 0.05) is 5.88 Å². The fourth-order valence-electron chi connectivity index (χ4n) is 0.211. The van der Waals surface area contributed by atoms with Gasteiger partial charge in [-0.05, 0) is 12.5 Å². The first-order valence-corrected chi connectivity index (χ1v) is 3.60. The van der Waals surface area contributed by atoms with Crippen LogP contribution >= 0.6 is 34.8 Å². The minimum atomic E-state index is -0.409. The monoisotopic (exact) mass is 172 g/mol. The van der Waals surface area contributed by atoms with Crippen LogP contribution in [0.15, 0.2) is 11.6 Å². The first-order chi connectivity index (χ1) is 3.68. The molecule has 0 aromatic heterocycles. The van der Waals surface area contributed by atoms with Gasteiger partial charge in [-0.1, -0.05) is 6.08 Å². The van der Waals surface area contributed by atoms with Crippen molar-refractivity contribution in [3.63, 3.8) is 0 Å². The largest absolute Gasteiger partial charge is 0.128 e. The molecule has 0 amide bonds. The second-order valence-electron chi connectivity index (χ2n) is 1.40. The van der Waals surface area contributed by atoms with E-state index < -0.39 is 4.84 Å². The SMILES string of the molecule is CC(=CCCl)C(Cl)Cl. The number of allylic oxidation sites excluding steroid dienone is 2. The summed E-state index contributed by atoms with van der Waals surface area (Å²) in [6.45, 7) is 1.84. The maximum absolute atomic E-state index is 5.45. The second kappa shape index (κ2) is 4.49. The Morgan fingerprint density at radius 1 is 1.62 bits per heavy atom. The molecule has 0 bridgehead atoms. The molecule has 0 saturated carbocycles. The third kappa shape index (κ3) is 3.59. The van der Waals surface area contributed by atoms with Crippen molar-refractivity contribution in [1.82, 2.24) is 0 Å². The van der Waals surface area contributed by atoms with E-state index in [-0.39, 0.29) is 0 Å². The van der Waals surface area contributed by atoms with E-state index >= 15 is 0 Å². The maximum Gasteiger partial charge on any atom is 0.128 e. The Bertz CT molecular complexity index is 85.7. The lowest BCUT2D eigenvalue weighted by atomic mass is 10.3. The molecule has 0 aromatic carbocycles. The van der Waals surface area contributed by atoms with Crippen LogP contribution in [-0.2, 0) is 0 Å². The highest BCUT2D eigenvalue weighted by molar-refractivity contribution is 6.46. The van der Waals surface area contributed by atoms with E-state index in [9.17, 15) is 0 Å². The standard InChI is InChI=1S/C5H7Cl3/c1-4(2-3-6)5(7)8/h2,5H,3H2,1H3. The van der Waals surface area contributed by atoms with Gasteiger partial charge in [-0.25, -0.2) is 0 Å². The van der Waals surface area contributed by atoms with Crippen LogP contribution in [-0.4, -0.2) is 10.7 Å². The molecule has 0 N–H and O–H groups in total. The molecule has 0 heterocycles. The minimum Gasteiger partial charge on any atom is -0.122 e. The summed E-state index contributed by atoms with van der Waals surface area (Å²) >= 11 is 16.2. The van der Waals surface area contributed by atoms with Gasteiger partial charge in [-0.3, -0.25) is 0 Å². The third-order valence-corrected chi connectivity index (χ3v) is 1.59. The lowest BCUT2D eigenvalue weighted by molar-refractivity contribution is 1.31. The van der Waals surface area contributed by atoms with Crippen LogP contribution in [0.3, 0.4) is 0 Å². The molecule has 0 aliphatic heterocycles. The number of hydrogen-bond acceptors (Lipinski definition) is 0. The molecule has 8 heavy (non-hydrogen) atoms. The van der Waals surface area contributed by atoms with Crippen molar-refractivity contribution in [3.05, 3.63) is 11.6 Å². The summed E-state index contributed by atoms with van der Waals surface area (Å²) in [6, 6.07) is 0. The quantitative estimate of drug-likeness (QED) is 0.445. The van der Waals surface area contributed by atoms with Gasteiger partial charge in [-0.15, -0.1) is 34.8 Å². The molecule has 0 unspecified atom stereocenters. The van der Waals surface area contributed by atoms with Gasteiger partial charge in [0.2, 0.25) is 0 Å². The van der Waals surface area contributed by atoms with Crippen molar-refractivity contribution in [2.75, 3.05) is 5.88 Å². The Kier molecular flexibility index (Phi) is 4.83. The highest BCUT2D eigenvalue weighted by atomic mass is 35.5. The lowest BCUT2D eigenvalue weighted by Gasteiger charge is -1.96. The van der Waals surface area contributed by atoms with Gasteiger partial charge in [0.15, 0.2) is 0 Å². The second-order valence-corrected chi connectivity index (χ2v) is 2.81. The molecular formula is C5H7Cl3. The maximum atomic E-state index is 5.45. The van der Waals surface area contributed by atoms with E-state index in [0.717, 1.165) is 5.57 Å². The summed E-state index contributed by atoms with van der Waals surface area (Å²) in [7, 11) is 0. The first-order valence-electron chi connectivity index (χ1n) is 2.19. The third-order valence-electron chi connectivity index (χ3n) is 0.743. The molecule has 0 saturated heterocycles. The van der Waals surface area contributed by atoms with Gasteiger partial charge in [0.25, 0.3) is 0 Å². The summed E-state index contributed by atoms with van der Waals surface area (Å²) in [5.74, 6) is 0.474. The average molecular weight is 173 g/mol. The van der Waals surface area contributed by atoms with Gasteiger partial charge < -0.3 is 0 Å². The van der Waals surface area contributed by atoms with Crippen LogP contribution in [0.2, 0.25) is 0 Å². The van der Waals surface area contributed by atoms with Gasteiger partial charge >= 0.3 is 0 Å². The normalized spacial score (nSPS) is 12.9. The molecule has 0 nitrogen and oxygen atoms in total. The molecule has 0 fully saturated rings. The number of hydrogen-bond donors (Lipinski definition) is 0. The highest BCUT2D eigenvalue weighted by Gasteiger charge is 1.97. The highest BCUT2D eigenvalue weighted by Crippen LogP contribution is 2.12. The van der Waals surface area contributed by atoms with Crippen LogP contribution in [0.1, 0.15) is 6.92 Å². The minimum absolute atomic E-state index is 0.409. The van der Waals surface area contributed by atoms with Crippen LogP contribution in [0.25, 0.3) is 0 Å². The van der Waals surface area contributed by atoms with E-state index in [1.807, 2.05) is 6.92 Å². The average Bonchev–Trinajstić information content (AvgIpc) is 1.67. The predicted molar refractivity (Wildman–Crippen MR) is 40.0 cm³/mol. The Morgan fingerprint density at radius 2 is 2.12 bits per heavy atom. The molecular weight excluding hydrogens is 166 g/mol. The van der Waals surface area contributed by atoms with Crippen molar-refractivity contribution < 1.29 is 0 Å². The van der Waals surface area contributed by atoms with E-state index in [0.29, 0.717) is 5.88 Å². The zero-order chi connectivity index (χ0) is 6.57. The van der Waals surface area contributed by atoms with Crippen LogP contribution in [0.4, 0.5) is 0 Å². The van der Waals surface area contributed by atoms with Crippen molar-refractivity contribution in [2.24, 2.45) is 0 Å². The molecule has 0 aliphatic rings. The molecule has 0 aliphatic carbocycles. The number of alkyl halides is 3. The summed E-state index contributed by atoms with van der Waals surface area (Å²) in [5.41, 5.74) is 0.906.